The van der Waals surface area contributed by atoms with Crippen LogP contribution in [0.5, 0.6) is 5.75 Å². The highest BCUT2D eigenvalue weighted by Gasteiger charge is 2.18. The second kappa shape index (κ2) is 9.51. The largest absolute Gasteiger partial charge is 0.495 e. The monoisotopic (exact) mass is 446 g/mol. The maximum atomic E-state index is 12.8. The number of anilines is 1. The molecule has 1 amide bonds. The molecule has 2 N–H and O–H groups in total. The van der Waals surface area contributed by atoms with Gasteiger partial charge in [0.1, 0.15) is 11.3 Å². The highest BCUT2D eigenvalue weighted by Crippen LogP contribution is 2.28. The SMILES string of the molecule is COc1ccccc1NS(=O)(=O)c1ccc2oc(SCC(=O)NCCC#N)nc2c1. The van der Waals surface area contributed by atoms with E-state index in [-0.39, 0.29) is 34.7 Å². The molecule has 0 fully saturated rings. The first kappa shape index (κ1) is 21.5. The number of hydrogen-bond acceptors (Lipinski definition) is 8. The van der Waals surface area contributed by atoms with E-state index in [4.69, 9.17) is 14.4 Å². The molecule has 0 radical (unpaired) electrons. The van der Waals surface area contributed by atoms with E-state index in [1.165, 1.54) is 25.3 Å². The third-order valence-electron chi connectivity index (χ3n) is 3.89. The Morgan fingerprint density at radius 2 is 2.10 bits per heavy atom. The Morgan fingerprint density at radius 1 is 1.30 bits per heavy atom. The van der Waals surface area contributed by atoms with Crippen LogP contribution in [0.1, 0.15) is 6.42 Å². The number of ether oxygens (including phenoxy) is 1. The van der Waals surface area contributed by atoms with E-state index in [0.29, 0.717) is 22.5 Å². The predicted molar refractivity (Wildman–Crippen MR) is 112 cm³/mol. The Kier molecular flexibility index (Phi) is 6.81. The van der Waals surface area contributed by atoms with Crippen molar-refractivity contribution in [2.24, 2.45) is 0 Å². The molecule has 156 valence electrons. The Morgan fingerprint density at radius 3 is 2.87 bits per heavy atom. The van der Waals surface area contributed by atoms with E-state index in [9.17, 15) is 13.2 Å². The molecule has 0 atom stereocenters. The van der Waals surface area contributed by atoms with Crippen LogP contribution in [0.15, 0.2) is 57.0 Å². The number of oxazole rings is 1. The summed E-state index contributed by atoms with van der Waals surface area (Å²) in [5, 5.41) is 11.3. The first-order chi connectivity index (χ1) is 14.4. The number of thioether (sulfide) groups is 1. The smallest absolute Gasteiger partial charge is 0.262 e. The third kappa shape index (κ3) is 5.22. The molecule has 3 rings (SSSR count). The molecule has 0 unspecified atom stereocenters. The van der Waals surface area contributed by atoms with E-state index < -0.39 is 10.0 Å². The summed E-state index contributed by atoms with van der Waals surface area (Å²) in [6, 6.07) is 12.9. The van der Waals surface area contributed by atoms with Crippen molar-refractivity contribution in [1.29, 1.82) is 5.26 Å². The Bertz CT molecular complexity index is 1200. The van der Waals surface area contributed by atoms with Crippen LogP contribution in [0.3, 0.4) is 0 Å². The summed E-state index contributed by atoms with van der Waals surface area (Å²) < 4.78 is 38.7. The van der Waals surface area contributed by atoms with Gasteiger partial charge < -0.3 is 14.5 Å². The lowest BCUT2D eigenvalue weighted by Gasteiger charge is -2.11. The summed E-state index contributed by atoms with van der Waals surface area (Å²) in [5.74, 6) is 0.218. The van der Waals surface area contributed by atoms with Crippen molar-refractivity contribution < 1.29 is 22.4 Å². The quantitative estimate of drug-likeness (QED) is 0.378. The van der Waals surface area contributed by atoms with Crippen molar-refractivity contribution in [3.8, 4) is 11.8 Å². The Labute approximate surface area is 177 Å². The number of nitriles is 1. The summed E-state index contributed by atoms with van der Waals surface area (Å²) in [6.45, 7) is 0.282. The molecule has 11 heteroatoms. The summed E-state index contributed by atoms with van der Waals surface area (Å²) in [6.07, 6.45) is 0.236. The molecule has 0 saturated carbocycles. The zero-order valence-corrected chi connectivity index (χ0v) is 17.5. The van der Waals surface area contributed by atoms with Crippen molar-refractivity contribution in [2.45, 2.75) is 16.5 Å². The van der Waals surface area contributed by atoms with Crippen molar-refractivity contribution >= 4 is 44.5 Å². The van der Waals surface area contributed by atoms with Crippen LogP contribution in [0.4, 0.5) is 5.69 Å². The van der Waals surface area contributed by atoms with Crippen LogP contribution in [0, 0.1) is 11.3 Å². The fourth-order valence-corrected chi connectivity index (χ4v) is 4.24. The Balaban J connectivity index is 1.73. The molecule has 30 heavy (non-hydrogen) atoms. The summed E-state index contributed by atoms with van der Waals surface area (Å²) in [7, 11) is -2.42. The molecule has 2 aromatic carbocycles. The molecule has 9 nitrogen and oxygen atoms in total. The second-order valence-corrected chi connectivity index (χ2v) is 8.57. The summed E-state index contributed by atoms with van der Waals surface area (Å²) >= 11 is 1.08. The van der Waals surface area contributed by atoms with Crippen molar-refractivity contribution in [2.75, 3.05) is 24.1 Å². The molecule has 0 aliphatic heterocycles. The molecule has 0 aliphatic rings. The topological polar surface area (TPSA) is 134 Å². The molecule has 0 spiro atoms. The van der Waals surface area contributed by atoms with E-state index in [0.717, 1.165) is 11.8 Å². The summed E-state index contributed by atoms with van der Waals surface area (Å²) in [4.78, 5) is 16.0. The second-order valence-electron chi connectivity index (χ2n) is 5.96. The molecule has 0 bridgehead atoms. The van der Waals surface area contributed by atoms with Crippen LogP contribution in [0.2, 0.25) is 0 Å². The van der Waals surface area contributed by atoms with Gasteiger partial charge >= 0.3 is 0 Å². The lowest BCUT2D eigenvalue weighted by Crippen LogP contribution is -2.25. The number of nitrogens with zero attached hydrogens (tertiary/aromatic N) is 2. The predicted octanol–water partition coefficient (Wildman–Crippen LogP) is 2.76. The number of sulfonamides is 1. The normalized spacial score (nSPS) is 11.1. The fourth-order valence-electron chi connectivity index (χ4n) is 2.48. The first-order valence-electron chi connectivity index (χ1n) is 8.76. The molecular formula is C19H18N4O5S2. The maximum absolute atomic E-state index is 12.8. The average Bonchev–Trinajstić information content (AvgIpc) is 3.15. The van der Waals surface area contributed by atoms with Gasteiger partial charge in [-0.2, -0.15) is 5.26 Å². The standard InChI is InChI=1S/C19H18N4O5S2/c1-27-16-6-3-2-5-14(16)23-30(25,26)13-7-8-17-15(11-13)22-19(28-17)29-12-18(24)21-10-4-9-20/h2-3,5-8,11,23H,4,10,12H2,1H3,(H,21,24). The van der Waals surface area contributed by atoms with Crippen molar-refractivity contribution in [1.82, 2.24) is 10.3 Å². The van der Waals surface area contributed by atoms with Gasteiger partial charge in [0.25, 0.3) is 15.2 Å². The van der Waals surface area contributed by atoms with Crippen LogP contribution in [-0.2, 0) is 14.8 Å². The van der Waals surface area contributed by atoms with Gasteiger partial charge in [-0.1, -0.05) is 23.9 Å². The highest BCUT2D eigenvalue weighted by atomic mass is 32.2. The van der Waals surface area contributed by atoms with Gasteiger partial charge in [-0.25, -0.2) is 13.4 Å². The van der Waals surface area contributed by atoms with Gasteiger partial charge in [0.2, 0.25) is 5.91 Å². The van der Waals surface area contributed by atoms with Crippen LogP contribution in [-0.4, -0.2) is 38.7 Å². The number of carbonyl (C=O) groups is 1. The van der Waals surface area contributed by atoms with E-state index in [1.54, 1.807) is 24.3 Å². The van der Waals surface area contributed by atoms with E-state index in [1.807, 2.05) is 6.07 Å². The fraction of sp³-hybridized carbons (Fsp3) is 0.211. The van der Waals surface area contributed by atoms with E-state index >= 15 is 0 Å². The van der Waals surface area contributed by atoms with E-state index in [2.05, 4.69) is 15.0 Å². The minimum atomic E-state index is -3.88. The zero-order chi connectivity index (χ0) is 21.6. The van der Waals surface area contributed by atoms with Gasteiger partial charge in [-0.05, 0) is 30.3 Å². The molecule has 0 aliphatic carbocycles. The number of carbonyl (C=O) groups excluding carboxylic acids is 1. The molecule has 1 aromatic heterocycles. The first-order valence-corrected chi connectivity index (χ1v) is 11.2. The van der Waals surface area contributed by atoms with Gasteiger partial charge in [-0.3, -0.25) is 9.52 Å². The Hall–Kier alpha value is -3.23. The molecule has 1 heterocycles. The maximum Gasteiger partial charge on any atom is 0.262 e. The minimum absolute atomic E-state index is 0.0139. The average molecular weight is 447 g/mol. The number of nitrogens with one attached hydrogen (secondary N) is 2. The number of benzene rings is 2. The molecule has 0 saturated heterocycles. The lowest BCUT2D eigenvalue weighted by atomic mass is 10.3. The van der Waals surface area contributed by atoms with Gasteiger partial charge in [-0.15, -0.1) is 0 Å². The molecular weight excluding hydrogens is 428 g/mol. The number of fused-ring (bicyclic) bond motifs is 1. The number of aromatic nitrogens is 1. The number of para-hydroxylation sites is 2. The summed E-state index contributed by atoms with van der Waals surface area (Å²) in [5.41, 5.74) is 1.07. The van der Waals surface area contributed by atoms with Crippen LogP contribution in [0.25, 0.3) is 11.1 Å². The number of methoxy groups -OCH3 is 1. The van der Waals surface area contributed by atoms with Gasteiger partial charge in [0.05, 0.1) is 35.9 Å². The van der Waals surface area contributed by atoms with Crippen molar-refractivity contribution in [3.05, 3.63) is 42.5 Å². The molecule has 3 aromatic rings. The number of amides is 1. The minimum Gasteiger partial charge on any atom is -0.495 e. The van der Waals surface area contributed by atoms with Gasteiger partial charge in [0, 0.05) is 6.54 Å². The third-order valence-corrected chi connectivity index (χ3v) is 6.08. The van der Waals surface area contributed by atoms with Crippen LogP contribution < -0.4 is 14.8 Å². The number of hydrogen-bond donors (Lipinski definition) is 2. The van der Waals surface area contributed by atoms with Crippen LogP contribution >= 0.6 is 11.8 Å². The number of rotatable bonds is 9. The lowest BCUT2D eigenvalue weighted by molar-refractivity contribution is -0.118. The highest BCUT2D eigenvalue weighted by molar-refractivity contribution is 7.99. The van der Waals surface area contributed by atoms with Crippen molar-refractivity contribution in [3.63, 3.8) is 0 Å². The van der Waals surface area contributed by atoms with Gasteiger partial charge in [0.15, 0.2) is 5.58 Å². The zero-order valence-electron chi connectivity index (χ0n) is 15.9.